The average molecular weight is 382 g/mol. The van der Waals surface area contributed by atoms with Gasteiger partial charge in [0.05, 0.1) is 31.4 Å². The van der Waals surface area contributed by atoms with Crippen molar-refractivity contribution in [2.75, 3.05) is 50.0 Å². The third-order valence-electron chi connectivity index (χ3n) is 4.72. The zero-order valence-corrected chi connectivity index (χ0v) is 16.3. The number of fused-ring (bicyclic) bond motifs is 1. The first-order valence-corrected chi connectivity index (χ1v) is 9.66. The van der Waals surface area contributed by atoms with Crippen LogP contribution in [0, 0.1) is 0 Å². The van der Waals surface area contributed by atoms with Crippen LogP contribution in [0.5, 0.6) is 0 Å². The van der Waals surface area contributed by atoms with Crippen LogP contribution in [0.2, 0.25) is 0 Å². The van der Waals surface area contributed by atoms with E-state index in [1.165, 1.54) is 0 Å². The van der Waals surface area contributed by atoms with Gasteiger partial charge in [-0.15, -0.1) is 0 Å². The lowest BCUT2D eigenvalue weighted by molar-refractivity contribution is 0.0398. The topological polar surface area (TPSA) is 93.0 Å². The summed E-state index contributed by atoms with van der Waals surface area (Å²) in [6.45, 7) is 9.49. The van der Waals surface area contributed by atoms with Crippen LogP contribution in [-0.4, -0.2) is 68.8 Å². The summed E-state index contributed by atoms with van der Waals surface area (Å²) in [5, 5.41) is 6.69. The summed E-state index contributed by atoms with van der Waals surface area (Å²) < 4.78 is 7.46. The number of hydrogen-bond acceptors (Lipinski definition) is 8. The first kappa shape index (κ1) is 18.6. The lowest BCUT2D eigenvalue weighted by Crippen LogP contribution is -2.39. The van der Waals surface area contributed by atoms with E-state index >= 15 is 0 Å². The molecule has 0 spiro atoms. The number of nitrogens with one attached hydrogen (secondary N) is 2. The molecule has 148 valence electrons. The van der Waals surface area contributed by atoms with Crippen LogP contribution in [0.1, 0.15) is 19.9 Å². The first-order chi connectivity index (χ1) is 13.7. The van der Waals surface area contributed by atoms with E-state index in [9.17, 15) is 0 Å². The fourth-order valence-electron chi connectivity index (χ4n) is 3.20. The number of anilines is 3. The van der Waals surface area contributed by atoms with E-state index in [4.69, 9.17) is 9.72 Å². The van der Waals surface area contributed by atoms with E-state index in [1.807, 2.05) is 18.5 Å². The molecule has 9 heteroatoms. The molecular formula is C19H26N8O. The van der Waals surface area contributed by atoms with Gasteiger partial charge in [-0.25, -0.2) is 4.98 Å². The van der Waals surface area contributed by atoms with E-state index in [0.717, 1.165) is 62.1 Å². The summed E-state index contributed by atoms with van der Waals surface area (Å²) in [5.74, 6) is 1.26. The minimum absolute atomic E-state index is 0.257. The van der Waals surface area contributed by atoms with Crippen LogP contribution in [0.25, 0.3) is 11.2 Å². The number of ether oxygens (including phenoxy) is 1. The third-order valence-corrected chi connectivity index (χ3v) is 4.72. The highest BCUT2D eigenvalue weighted by Gasteiger charge is 2.16. The zero-order valence-electron chi connectivity index (χ0n) is 16.3. The standard InChI is InChI=1S/C19H26N8O/c1-14(2)27-13-22-16-17(21-6-7-26-8-10-28-11-9-26)24-19(25-18(16)27)23-15-4-3-5-20-12-15/h3-5,12-14H,6-11H2,1-2H3,(H2,21,23,24,25). The summed E-state index contributed by atoms with van der Waals surface area (Å²) in [6, 6.07) is 4.07. The Morgan fingerprint density at radius 2 is 2.07 bits per heavy atom. The summed E-state index contributed by atoms with van der Waals surface area (Å²) in [4.78, 5) is 20.4. The van der Waals surface area contributed by atoms with Crippen LogP contribution in [0.15, 0.2) is 30.9 Å². The molecule has 0 radical (unpaired) electrons. The van der Waals surface area contributed by atoms with Crippen molar-refractivity contribution in [1.29, 1.82) is 0 Å². The van der Waals surface area contributed by atoms with Crippen molar-refractivity contribution in [2.45, 2.75) is 19.9 Å². The SMILES string of the molecule is CC(C)n1cnc2c(NCCN3CCOCC3)nc(Nc3cccnc3)nc21. The number of hydrogen-bond donors (Lipinski definition) is 2. The highest BCUT2D eigenvalue weighted by atomic mass is 16.5. The van der Waals surface area contributed by atoms with Crippen LogP contribution < -0.4 is 10.6 Å². The molecule has 2 N–H and O–H groups in total. The molecule has 0 aliphatic carbocycles. The van der Waals surface area contributed by atoms with Crippen LogP contribution in [0.3, 0.4) is 0 Å². The second kappa shape index (κ2) is 8.49. The first-order valence-electron chi connectivity index (χ1n) is 9.66. The lowest BCUT2D eigenvalue weighted by atomic mass is 10.3. The Hall–Kier alpha value is -2.78. The minimum Gasteiger partial charge on any atom is -0.379 e. The lowest BCUT2D eigenvalue weighted by Gasteiger charge is -2.26. The van der Waals surface area contributed by atoms with E-state index < -0.39 is 0 Å². The van der Waals surface area contributed by atoms with Gasteiger partial charge in [0, 0.05) is 38.4 Å². The van der Waals surface area contributed by atoms with Gasteiger partial charge in [0.1, 0.15) is 0 Å². The molecule has 0 bridgehead atoms. The fraction of sp³-hybridized carbons (Fsp3) is 0.474. The molecule has 4 rings (SSSR count). The Morgan fingerprint density at radius 3 is 2.82 bits per heavy atom. The van der Waals surface area contributed by atoms with Crippen molar-refractivity contribution >= 4 is 28.6 Å². The maximum atomic E-state index is 5.41. The predicted molar refractivity (Wildman–Crippen MR) is 109 cm³/mol. The van der Waals surface area contributed by atoms with Crippen molar-refractivity contribution in [3.05, 3.63) is 30.9 Å². The van der Waals surface area contributed by atoms with Gasteiger partial charge in [-0.3, -0.25) is 9.88 Å². The Bertz CT molecular complexity index is 905. The molecule has 4 heterocycles. The second-order valence-electron chi connectivity index (χ2n) is 7.06. The highest BCUT2D eigenvalue weighted by molar-refractivity contribution is 5.84. The van der Waals surface area contributed by atoms with Gasteiger partial charge in [-0.2, -0.15) is 9.97 Å². The maximum absolute atomic E-state index is 5.41. The van der Waals surface area contributed by atoms with Gasteiger partial charge in [0.2, 0.25) is 5.95 Å². The van der Waals surface area contributed by atoms with E-state index in [-0.39, 0.29) is 6.04 Å². The number of aromatic nitrogens is 5. The molecule has 0 aromatic carbocycles. The van der Waals surface area contributed by atoms with Gasteiger partial charge in [-0.05, 0) is 26.0 Å². The number of nitrogens with zero attached hydrogens (tertiary/aromatic N) is 6. The Labute approximate surface area is 164 Å². The summed E-state index contributed by atoms with van der Waals surface area (Å²) >= 11 is 0. The van der Waals surface area contributed by atoms with Crippen molar-refractivity contribution < 1.29 is 4.74 Å². The van der Waals surface area contributed by atoms with E-state index in [2.05, 4.69) is 48.9 Å². The average Bonchev–Trinajstić information content (AvgIpc) is 3.14. The van der Waals surface area contributed by atoms with Gasteiger partial charge >= 0.3 is 0 Å². The fourth-order valence-corrected chi connectivity index (χ4v) is 3.20. The van der Waals surface area contributed by atoms with Gasteiger partial charge in [0.25, 0.3) is 0 Å². The zero-order chi connectivity index (χ0) is 19.3. The van der Waals surface area contributed by atoms with Crippen LogP contribution in [0.4, 0.5) is 17.5 Å². The Balaban J connectivity index is 1.57. The summed E-state index contributed by atoms with van der Waals surface area (Å²) in [6.07, 6.45) is 5.31. The van der Waals surface area contributed by atoms with E-state index in [1.54, 1.807) is 12.4 Å². The molecule has 1 saturated heterocycles. The molecule has 28 heavy (non-hydrogen) atoms. The molecule has 9 nitrogen and oxygen atoms in total. The van der Waals surface area contributed by atoms with Crippen molar-refractivity contribution in [1.82, 2.24) is 29.4 Å². The summed E-state index contributed by atoms with van der Waals surface area (Å²) in [7, 11) is 0. The molecule has 0 amide bonds. The van der Waals surface area contributed by atoms with Crippen molar-refractivity contribution in [3.8, 4) is 0 Å². The maximum Gasteiger partial charge on any atom is 0.231 e. The van der Waals surface area contributed by atoms with E-state index in [0.29, 0.717) is 5.95 Å². The normalized spacial score (nSPS) is 15.2. The largest absolute Gasteiger partial charge is 0.379 e. The molecule has 1 aliphatic rings. The predicted octanol–water partition coefficient (Wildman–Crippen LogP) is 2.29. The highest BCUT2D eigenvalue weighted by Crippen LogP contribution is 2.24. The molecule has 0 unspecified atom stereocenters. The van der Waals surface area contributed by atoms with Gasteiger partial charge < -0.3 is 19.9 Å². The molecule has 1 aliphatic heterocycles. The number of imidazole rings is 1. The van der Waals surface area contributed by atoms with Crippen molar-refractivity contribution in [2.24, 2.45) is 0 Å². The molecule has 0 atom stereocenters. The molecule has 1 fully saturated rings. The third kappa shape index (κ3) is 4.20. The summed E-state index contributed by atoms with van der Waals surface area (Å²) in [5.41, 5.74) is 2.44. The Kier molecular flexibility index (Phi) is 5.63. The number of rotatable bonds is 7. The van der Waals surface area contributed by atoms with Gasteiger partial charge in [0.15, 0.2) is 17.0 Å². The monoisotopic (exact) mass is 382 g/mol. The van der Waals surface area contributed by atoms with Crippen LogP contribution in [-0.2, 0) is 4.74 Å². The smallest absolute Gasteiger partial charge is 0.231 e. The molecule has 3 aromatic heterocycles. The number of pyridine rings is 1. The minimum atomic E-state index is 0.257. The quantitative estimate of drug-likeness (QED) is 0.643. The Morgan fingerprint density at radius 1 is 1.21 bits per heavy atom. The van der Waals surface area contributed by atoms with Crippen LogP contribution >= 0.6 is 0 Å². The molecular weight excluding hydrogens is 356 g/mol. The molecule has 0 saturated carbocycles. The second-order valence-corrected chi connectivity index (χ2v) is 7.06. The van der Waals surface area contributed by atoms with Crippen molar-refractivity contribution in [3.63, 3.8) is 0 Å². The molecule has 3 aromatic rings. The van der Waals surface area contributed by atoms with Gasteiger partial charge in [-0.1, -0.05) is 0 Å². The number of morpholine rings is 1.